The van der Waals surface area contributed by atoms with Crippen LogP contribution in [0, 0.1) is 0 Å². The average molecular weight is 274 g/mol. The molecule has 3 amide bonds. The van der Waals surface area contributed by atoms with Crippen molar-refractivity contribution < 1.29 is 29.0 Å². The minimum atomic E-state index is -1.19. The zero-order valence-electron chi connectivity index (χ0n) is 10.8. The summed E-state index contributed by atoms with van der Waals surface area (Å²) in [5, 5.41) is 10.4. The van der Waals surface area contributed by atoms with Gasteiger partial charge in [0.25, 0.3) is 5.91 Å². The quantitative estimate of drug-likeness (QED) is 0.547. The molecule has 0 radical (unpaired) electrons. The number of carbonyl (C=O) groups excluding carboxylic acids is 2. The lowest BCUT2D eigenvalue weighted by Crippen LogP contribution is -2.45. The largest absolute Gasteiger partial charge is 0.480 e. The van der Waals surface area contributed by atoms with E-state index in [2.05, 4.69) is 16.6 Å². The molecular weight excluding hydrogens is 256 g/mol. The average Bonchev–Trinajstić information content (AvgIpc) is 2.33. The number of aliphatic carboxylic acids is 1. The van der Waals surface area contributed by atoms with E-state index in [1.54, 1.807) is 0 Å². The van der Waals surface area contributed by atoms with Crippen molar-refractivity contribution in [1.82, 2.24) is 10.2 Å². The number of hydrogen-bond donors (Lipinski definition) is 2. The fraction of sp³-hybridized carbons (Fsp3) is 0.545. The van der Waals surface area contributed by atoms with Crippen LogP contribution in [0.15, 0.2) is 12.7 Å². The molecule has 0 aromatic heterocycles. The van der Waals surface area contributed by atoms with Gasteiger partial charge in [0, 0.05) is 20.2 Å². The number of nitrogens with zero attached hydrogens (tertiary/aromatic N) is 1. The summed E-state index contributed by atoms with van der Waals surface area (Å²) < 4.78 is 9.39. The first-order valence-corrected chi connectivity index (χ1v) is 5.49. The summed E-state index contributed by atoms with van der Waals surface area (Å²) >= 11 is 0. The fourth-order valence-electron chi connectivity index (χ4n) is 1.10. The molecule has 0 aliphatic carbocycles. The van der Waals surface area contributed by atoms with Crippen LogP contribution in [0.3, 0.4) is 0 Å². The smallest absolute Gasteiger partial charge is 0.329 e. The van der Waals surface area contributed by atoms with E-state index in [0.29, 0.717) is 13.2 Å². The van der Waals surface area contributed by atoms with E-state index >= 15 is 0 Å². The third-order valence-electron chi connectivity index (χ3n) is 1.91. The first-order valence-electron chi connectivity index (χ1n) is 5.49. The van der Waals surface area contributed by atoms with E-state index < -0.39 is 31.1 Å². The summed E-state index contributed by atoms with van der Waals surface area (Å²) in [4.78, 5) is 34.4. The van der Waals surface area contributed by atoms with Crippen LogP contribution in [0.25, 0.3) is 0 Å². The Bertz CT molecular complexity index is 331. The number of imide groups is 1. The van der Waals surface area contributed by atoms with Gasteiger partial charge in [-0.25, -0.2) is 9.59 Å². The molecule has 0 aliphatic heterocycles. The molecule has 0 atom stereocenters. The normalized spacial score (nSPS) is 9.74. The van der Waals surface area contributed by atoms with Crippen LogP contribution in [0.1, 0.15) is 0 Å². The van der Waals surface area contributed by atoms with Gasteiger partial charge in [-0.1, -0.05) is 6.08 Å². The molecule has 0 aliphatic rings. The van der Waals surface area contributed by atoms with Crippen LogP contribution in [0.4, 0.5) is 4.79 Å². The SMILES string of the molecule is C=CCN(CCOC)C(=O)NC(=O)COCC(=O)O. The minimum Gasteiger partial charge on any atom is -0.480 e. The second-order valence-corrected chi connectivity index (χ2v) is 3.47. The van der Waals surface area contributed by atoms with Gasteiger partial charge in [0.2, 0.25) is 0 Å². The molecule has 0 rings (SSSR count). The Kier molecular flexibility index (Phi) is 9.02. The maximum Gasteiger partial charge on any atom is 0.329 e. The molecule has 108 valence electrons. The van der Waals surface area contributed by atoms with Crippen LogP contribution >= 0.6 is 0 Å². The van der Waals surface area contributed by atoms with E-state index in [4.69, 9.17) is 9.84 Å². The predicted octanol–water partition coefficient (Wildman–Crippen LogP) is -0.542. The van der Waals surface area contributed by atoms with Crippen molar-refractivity contribution in [2.24, 2.45) is 0 Å². The number of nitrogens with one attached hydrogen (secondary N) is 1. The molecule has 0 saturated carbocycles. The Hall–Kier alpha value is -1.93. The van der Waals surface area contributed by atoms with E-state index in [1.807, 2.05) is 0 Å². The second-order valence-electron chi connectivity index (χ2n) is 3.47. The van der Waals surface area contributed by atoms with Crippen molar-refractivity contribution in [3.63, 3.8) is 0 Å². The summed E-state index contributed by atoms with van der Waals surface area (Å²) in [6, 6.07) is -0.610. The van der Waals surface area contributed by atoms with Gasteiger partial charge in [-0.05, 0) is 0 Å². The van der Waals surface area contributed by atoms with E-state index in [9.17, 15) is 14.4 Å². The molecule has 0 spiro atoms. The molecule has 8 nitrogen and oxygen atoms in total. The van der Waals surface area contributed by atoms with Crippen molar-refractivity contribution in [3.8, 4) is 0 Å². The number of amides is 3. The predicted molar refractivity (Wildman–Crippen MR) is 65.6 cm³/mol. The molecule has 0 bridgehead atoms. The Morgan fingerprint density at radius 2 is 2.05 bits per heavy atom. The zero-order chi connectivity index (χ0) is 14.7. The summed E-state index contributed by atoms with van der Waals surface area (Å²) in [7, 11) is 1.49. The maximum absolute atomic E-state index is 11.7. The van der Waals surface area contributed by atoms with Gasteiger partial charge in [-0.2, -0.15) is 0 Å². The second kappa shape index (κ2) is 10.0. The van der Waals surface area contributed by atoms with Gasteiger partial charge in [-0.3, -0.25) is 10.1 Å². The van der Waals surface area contributed by atoms with E-state index in [1.165, 1.54) is 18.1 Å². The molecule has 0 unspecified atom stereocenters. The topological polar surface area (TPSA) is 105 Å². The summed E-state index contributed by atoms with van der Waals surface area (Å²) in [5.74, 6) is -1.90. The highest BCUT2D eigenvalue weighted by molar-refractivity contribution is 5.95. The number of urea groups is 1. The van der Waals surface area contributed by atoms with Crippen molar-refractivity contribution in [3.05, 3.63) is 12.7 Å². The summed E-state index contributed by atoms with van der Waals surface area (Å²) in [6.45, 7) is 3.30. The summed E-state index contributed by atoms with van der Waals surface area (Å²) in [5.41, 5.74) is 0. The first-order chi connectivity index (χ1) is 9.01. The van der Waals surface area contributed by atoms with Gasteiger partial charge >= 0.3 is 12.0 Å². The van der Waals surface area contributed by atoms with Crippen molar-refractivity contribution >= 4 is 17.9 Å². The van der Waals surface area contributed by atoms with Crippen molar-refractivity contribution in [1.29, 1.82) is 0 Å². The summed E-state index contributed by atoms with van der Waals surface area (Å²) in [6.07, 6.45) is 1.51. The Labute approximate surface area is 111 Å². The van der Waals surface area contributed by atoms with Crippen molar-refractivity contribution in [2.45, 2.75) is 0 Å². The third-order valence-corrected chi connectivity index (χ3v) is 1.91. The molecule has 2 N–H and O–H groups in total. The van der Waals surface area contributed by atoms with Gasteiger partial charge < -0.3 is 19.5 Å². The van der Waals surface area contributed by atoms with Crippen LogP contribution in [0.5, 0.6) is 0 Å². The van der Waals surface area contributed by atoms with Gasteiger partial charge in [0.15, 0.2) is 0 Å². The number of rotatable bonds is 9. The molecule has 8 heteroatoms. The van der Waals surface area contributed by atoms with Crippen LogP contribution in [0.2, 0.25) is 0 Å². The Morgan fingerprint density at radius 1 is 1.37 bits per heavy atom. The Morgan fingerprint density at radius 3 is 2.58 bits per heavy atom. The first kappa shape index (κ1) is 17.1. The van der Waals surface area contributed by atoms with Crippen molar-refractivity contribution in [2.75, 3.05) is 40.0 Å². The zero-order valence-corrected chi connectivity index (χ0v) is 10.8. The monoisotopic (exact) mass is 274 g/mol. The number of methoxy groups -OCH3 is 1. The standard InChI is InChI=1S/C11H18N2O6/c1-3-4-13(5-6-18-2)11(17)12-9(14)7-19-8-10(15)16/h3H,1,4-8H2,2H3,(H,15,16)(H,12,14,17). The van der Waals surface area contributed by atoms with E-state index in [0.717, 1.165) is 0 Å². The van der Waals surface area contributed by atoms with Gasteiger partial charge in [-0.15, -0.1) is 6.58 Å². The molecular formula is C11H18N2O6. The lowest BCUT2D eigenvalue weighted by atomic mass is 10.5. The molecule has 0 aromatic rings. The minimum absolute atomic E-state index is 0.262. The van der Waals surface area contributed by atoms with Crippen LogP contribution in [-0.4, -0.2) is 67.9 Å². The van der Waals surface area contributed by atoms with Crippen LogP contribution in [-0.2, 0) is 19.1 Å². The number of carbonyl (C=O) groups is 3. The van der Waals surface area contributed by atoms with E-state index in [-0.39, 0.29) is 6.54 Å². The maximum atomic E-state index is 11.7. The molecule has 0 heterocycles. The lowest BCUT2D eigenvalue weighted by Gasteiger charge is -2.20. The van der Waals surface area contributed by atoms with Crippen LogP contribution < -0.4 is 5.32 Å². The van der Waals surface area contributed by atoms with Gasteiger partial charge in [0.1, 0.15) is 13.2 Å². The number of ether oxygens (including phenoxy) is 2. The highest BCUT2D eigenvalue weighted by atomic mass is 16.5. The Balaban J connectivity index is 4.11. The van der Waals surface area contributed by atoms with Gasteiger partial charge in [0.05, 0.1) is 6.61 Å². The molecule has 0 fully saturated rings. The molecule has 0 aromatic carbocycles. The highest BCUT2D eigenvalue weighted by Crippen LogP contribution is 1.91. The number of hydrogen-bond acceptors (Lipinski definition) is 5. The third kappa shape index (κ3) is 8.75. The fourth-order valence-corrected chi connectivity index (χ4v) is 1.10. The molecule has 19 heavy (non-hydrogen) atoms. The number of carboxylic acids is 1. The highest BCUT2D eigenvalue weighted by Gasteiger charge is 2.15. The lowest BCUT2D eigenvalue weighted by molar-refractivity contribution is -0.143. The molecule has 0 saturated heterocycles. The number of carboxylic acid groups (broad SMARTS) is 1.